The quantitative estimate of drug-likeness (QED) is 0.695. The van der Waals surface area contributed by atoms with Crippen molar-refractivity contribution in [2.75, 3.05) is 6.61 Å². The fourth-order valence-electron chi connectivity index (χ4n) is 3.18. The number of rotatable bonds is 3. The predicted molar refractivity (Wildman–Crippen MR) is 91.1 cm³/mol. The lowest BCUT2D eigenvalue weighted by Crippen LogP contribution is -2.08. The van der Waals surface area contributed by atoms with E-state index in [1.165, 1.54) is 5.56 Å². The molecular formula is C19H17N3O2. The highest BCUT2D eigenvalue weighted by molar-refractivity contribution is 5.93. The van der Waals surface area contributed by atoms with Crippen LogP contribution in [-0.2, 0) is 13.5 Å². The number of carbonyl (C=O) groups is 1. The zero-order valence-corrected chi connectivity index (χ0v) is 13.4. The van der Waals surface area contributed by atoms with Gasteiger partial charge in [0.25, 0.3) is 0 Å². The predicted octanol–water partition coefficient (Wildman–Crippen LogP) is 3.29. The number of hydrogen-bond acceptors (Lipinski definition) is 4. The van der Waals surface area contributed by atoms with Crippen molar-refractivity contribution in [2.24, 2.45) is 7.05 Å². The number of carbonyl (C=O) groups excluding carboxylic acids is 1. The largest absolute Gasteiger partial charge is 0.493 e. The van der Waals surface area contributed by atoms with E-state index in [0.29, 0.717) is 5.69 Å². The SMILES string of the molecule is Cn1nc(-c2ccncc2)c(-c2ccc3c(c2)CCCO3)c1C=O. The summed E-state index contributed by atoms with van der Waals surface area (Å²) in [4.78, 5) is 15.7. The molecule has 5 nitrogen and oxygen atoms in total. The first kappa shape index (κ1) is 14.6. The Hall–Kier alpha value is -2.95. The molecular weight excluding hydrogens is 302 g/mol. The number of aryl methyl sites for hydroxylation is 2. The second kappa shape index (κ2) is 5.92. The highest BCUT2D eigenvalue weighted by Gasteiger charge is 2.20. The Morgan fingerprint density at radius 1 is 1.17 bits per heavy atom. The molecule has 0 N–H and O–H groups in total. The van der Waals surface area contributed by atoms with Gasteiger partial charge in [-0.1, -0.05) is 6.07 Å². The lowest BCUT2D eigenvalue weighted by Gasteiger charge is -2.18. The molecule has 3 heterocycles. The minimum Gasteiger partial charge on any atom is -0.493 e. The van der Waals surface area contributed by atoms with Crippen LogP contribution in [0.1, 0.15) is 22.5 Å². The fourth-order valence-corrected chi connectivity index (χ4v) is 3.18. The summed E-state index contributed by atoms with van der Waals surface area (Å²) < 4.78 is 7.33. The van der Waals surface area contributed by atoms with Gasteiger partial charge in [-0.25, -0.2) is 0 Å². The summed E-state index contributed by atoms with van der Waals surface area (Å²) in [5.41, 5.74) is 5.32. The monoisotopic (exact) mass is 319 g/mol. The van der Waals surface area contributed by atoms with Crippen molar-refractivity contribution in [3.05, 3.63) is 54.0 Å². The van der Waals surface area contributed by atoms with Gasteiger partial charge in [-0.3, -0.25) is 14.5 Å². The van der Waals surface area contributed by atoms with Crippen molar-refractivity contribution in [3.8, 4) is 28.1 Å². The zero-order chi connectivity index (χ0) is 16.5. The van der Waals surface area contributed by atoms with E-state index in [1.54, 1.807) is 24.1 Å². The fraction of sp³-hybridized carbons (Fsp3) is 0.211. The van der Waals surface area contributed by atoms with Crippen LogP contribution in [0.25, 0.3) is 22.4 Å². The topological polar surface area (TPSA) is 57.0 Å². The average Bonchev–Trinajstić information content (AvgIpc) is 2.98. The van der Waals surface area contributed by atoms with Crippen molar-refractivity contribution in [1.82, 2.24) is 14.8 Å². The van der Waals surface area contributed by atoms with Crippen molar-refractivity contribution >= 4 is 6.29 Å². The van der Waals surface area contributed by atoms with E-state index in [4.69, 9.17) is 4.74 Å². The molecule has 4 rings (SSSR count). The maximum absolute atomic E-state index is 11.7. The van der Waals surface area contributed by atoms with Crippen LogP contribution in [0.15, 0.2) is 42.7 Å². The Labute approximate surface area is 139 Å². The maximum Gasteiger partial charge on any atom is 0.168 e. The lowest BCUT2D eigenvalue weighted by atomic mass is 9.95. The summed E-state index contributed by atoms with van der Waals surface area (Å²) in [6, 6.07) is 9.91. The van der Waals surface area contributed by atoms with Gasteiger partial charge in [0.1, 0.15) is 17.1 Å². The standard InChI is InChI=1S/C19H17N3O2/c1-22-16(12-23)18(19(21-22)13-6-8-20-9-7-13)15-4-5-17-14(11-15)3-2-10-24-17/h4-9,11-12H,2-3,10H2,1H3. The van der Waals surface area contributed by atoms with E-state index < -0.39 is 0 Å². The van der Waals surface area contributed by atoms with Crippen LogP contribution in [0, 0.1) is 0 Å². The lowest BCUT2D eigenvalue weighted by molar-refractivity contribution is 0.111. The number of nitrogens with zero attached hydrogens (tertiary/aromatic N) is 3. The molecule has 1 aliphatic rings. The van der Waals surface area contributed by atoms with Crippen molar-refractivity contribution < 1.29 is 9.53 Å². The third kappa shape index (κ3) is 2.38. The second-order valence-corrected chi connectivity index (χ2v) is 5.86. The summed E-state index contributed by atoms with van der Waals surface area (Å²) in [7, 11) is 1.79. The molecule has 0 amide bonds. The van der Waals surface area contributed by atoms with Gasteiger partial charge in [0, 0.05) is 30.6 Å². The Kier molecular flexibility index (Phi) is 3.61. The van der Waals surface area contributed by atoms with E-state index >= 15 is 0 Å². The van der Waals surface area contributed by atoms with Crippen LogP contribution in [-0.4, -0.2) is 27.7 Å². The third-order valence-electron chi connectivity index (χ3n) is 4.35. The van der Waals surface area contributed by atoms with Gasteiger partial charge < -0.3 is 4.74 Å². The minimum absolute atomic E-state index is 0.568. The molecule has 0 saturated heterocycles. The molecule has 0 radical (unpaired) electrons. The summed E-state index contributed by atoms with van der Waals surface area (Å²) in [6.45, 7) is 0.765. The molecule has 3 aromatic rings. The molecule has 0 aliphatic carbocycles. The molecule has 0 fully saturated rings. The van der Waals surface area contributed by atoms with Crippen LogP contribution in [0.2, 0.25) is 0 Å². The molecule has 2 aromatic heterocycles. The smallest absolute Gasteiger partial charge is 0.168 e. The van der Waals surface area contributed by atoms with Gasteiger partial charge in [-0.05, 0) is 48.2 Å². The summed E-state index contributed by atoms with van der Waals surface area (Å²) in [6.07, 6.45) is 6.33. The highest BCUT2D eigenvalue weighted by atomic mass is 16.5. The molecule has 120 valence electrons. The number of hydrogen-bond donors (Lipinski definition) is 0. The van der Waals surface area contributed by atoms with Crippen LogP contribution in [0.4, 0.5) is 0 Å². The number of pyridine rings is 1. The molecule has 0 spiro atoms. The molecule has 24 heavy (non-hydrogen) atoms. The summed E-state index contributed by atoms with van der Waals surface area (Å²) >= 11 is 0. The number of ether oxygens (including phenoxy) is 1. The van der Waals surface area contributed by atoms with Crippen molar-refractivity contribution in [2.45, 2.75) is 12.8 Å². The van der Waals surface area contributed by atoms with E-state index in [0.717, 1.165) is 53.9 Å². The minimum atomic E-state index is 0.568. The highest BCUT2D eigenvalue weighted by Crippen LogP contribution is 2.36. The third-order valence-corrected chi connectivity index (χ3v) is 4.35. The van der Waals surface area contributed by atoms with E-state index in [1.807, 2.05) is 24.3 Å². The van der Waals surface area contributed by atoms with Crippen LogP contribution >= 0.6 is 0 Å². The average molecular weight is 319 g/mol. The van der Waals surface area contributed by atoms with Gasteiger partial charge in [0.15, 0.2) is 6.29 Å². The Bertz CT molecular complexity index is 900. The van der Waals surface area contributed by atoms with Gasteiger partial charge in [-0.2, -0.15) is 5.10 Å². The summed E-state index contributed by atoms with van der Waals surface area (Å²) in [5.74, 6) is 0.937. The molecule has 0 saturated carbocycles. The number of aromatic nitrogens is 3. The first-order chi connectivity index (χ1) is 11.8. The first-order valence-electron chi connectivity index (χ1n) is 7.96. The van der Waals surface area contributed by atoms with E-state index in [2.05, 4.69) is 16.1 Å². The molecule has 5 heteroatoms. The van der Waals surface area contributed by atoms with Gasteiger partial charge in [-0.15, -0.1) is 0 Å². The zero-order valence-electron chi connectivity index (χ0n) is 13.4. The Morgan fingerprint density at radius 2 is 2.00 bits per heavy atom. The van der Waals surface area contributed by atoms with E-state index in [-0.39, 0.29) is 0 Å². The molecule has 1 aromatic carbocycles. The van der Waals surface area contributed by atoms with Crippen LogP contribution in [0.5, 0.6) is 5.75 Å². The van der Waals surface area contributed by atoms with Crippen LogP contribution in [0.3, 0.4) is 0 Å². The van der Waals surface area contributed by atoms with Gasteiger partial charge in [0.05, 0.1) is 6.61 Å². The first-order valence-corrected chi connectivity index (χ1v) is 7.96. The maximum atomic E-state index is 11.7. The van der Waals surface area contributed by atoms with Crippen LogP contribution < -0.4 is 4.74 Å². The molecule has 1 aliphatic heterocycles. The van der Waals surface area contributed by atoms with Gasteiger partial charge in [0.2, 0.25) is 0 Å². The molecule has 0 atom stereocenters. The normalized spacial score (nSPS) is 13.2. The second-order valence-electron chi connectivity index (χ2n) is 5.86. The van der Waals surface area contributed by atoms with Gasteiger partial charge >= 0.3 is 0 Å². The Balaban J connectivity index is 1.92. The van der Waals surface area contributed by atoms with Crippen molar-refractivity contribution in [3.63, 3.8) is 0 Å². The van der Waals surface area contributed by atoms with Crippen molar-refractivity contribution in [1.29, 1.82) is 0 Å². The Morgan fingerprint density at radius 3 is 2.79 bits per heavy atom. The number of fused-ring (bicyclic) bond motifs is 1. The number of aldehydes is 1. The molecule has 0 bridgehead atoms. The number of benzene rings is 1. The molecule has 0 unspecified atom stereocenters. The van der Waals surface area contributed by atoms with E-state index in [9.17, 15) is 4.79 Å². The summed E-state index contributed by atoms with van der Waals surface area (Å²) in [5, 5.41) is 4.57.